The summed E-state index contributed by atoms with van der Waals surface area (Å²) in [5, 5.41) is 44.7. The fraction of sp³-hybridized carbons (Fsp3) is 0.667. The molecule has 36 heavy (non-hydrogen) atoms. The molecule has 2 heterocycles. The fourth-order valence-corrected chi connectivity index (χ4v) is 5.03. The maximum Gasteiger partial charge on any atom is 0.303 e. The highest BCUT2D eigenvalue weighted by molar-refractivity contribution is 7.99. The fourth-order valence-electron chi connectivity index (χ4n) is 3.81. The van der Waals surface area contributed by atoms with E-state index in [4.69, 9.17) is 39.7 Å². The Kier molecular flexibility index (Phi) is 12.0. The van der Waals surface area contributed by atoms with Gasteiger partial charge in [0.15, 0.2) is 6.29 Å². The SMILES string of the molecule is CC(=O)OCC1O[C@H](Sc2ccccc2)[C@H](OC(C)=O)C(C)[C@@H]1C.OCC1O[C@H](O)[C@H](O)C(O)[C@@H]1O. The molecule has 0 aliphatic carbocycles. The Balaban J connectivity index is 0.000000319. The van der Waals surface area contributed by atoms with Gasteiger partial charge < -0.3 is 44.5 Å². The second-order valence-corrected chi connectivity index (χ2v) is 9.96. The molecule has 1 aromatic carbocycles. The van der Waals surface area contributed by atoms with Crippen molar-refractivity contribution < 1.29 is 54.1 Å². The van der Waals surface area contributed by atoms with Crippen LogP contribution < -0.4 is 0 Å². The Hall–Kier alpha value is -1.77. The molecule has 12 heteroatoms. The van der Waals surface area contributed by atoms with Crippen LogP contribution in [-0.2, 0) is 28.5 Å². The third kappa shape index (κ3) is 8.38. The van der Waals surface area contributed by atoms with E-state index in [0.29, 0.717) is 0 Å². The molecule has 2 saturated heterocycles. The van der Waals surface area contributed by atoms with Crippen LogP contribution in [0.3, 0.4) is 0 Å². The average molecular weight is 533 g/mol. The zero-order chi connectivity index (χ0) is 27.0. The van der Waals surface area contributed by atoms with Crippen LogP contribution >= 0.6 is 11.8 Å². The molecule has 204 valence electrons. The molecule has 2 aliphatic heterocycles. The summed E-state index contributed by atoms with van der Waals surface area (Å²) >= 11 is 1.52. The summed E-state index contributed by atoms with van der Waals surface area (Å²) in [6.07, 6.45) is -7.62. The summed E-state index contributed by atoms with van der Waals surface area (Å²) in [5.74, 6) is -0.460. The van der Waals surface area contributed by atoms with Gasteiger partial charge in [0, 0.05) is 24.7 Å². The van der Waals surface area contributed by atoms with Gasteiger partial charge >= 0.3 is 11.9 Å². The van der Waals surface area contributed by atoms with E-state index in [1.54, 1.807) is 0 Å². The van der Waals surface area contributed by atoms with Crippen molar-refractivity contribution >= 4 is 23.7 Å². The number of aliphatic hydroxyl groups is 5. The minimum Gasteiger partial charge on any atom is -0.463 e. The van der Waals surface area contributed by atoms with Gasteiger partial charge in [-0.2, -0.15) is 0 Å². The Morgan fingerprint density at radius 1 is 0.889 bits per heavy atom. The van der Waals surface area contributed by atoms with Crippen molar-refractivity contribution in [2.24, 2.45) is 11.8 Å². The maximum atomic E-state index is 11.5. The highest BCUT2D eigenvalue weighted by Crippen LogP contribution is 2.40. The van der Waals surface area contributed by atoms with Gasteiger partial charge in [0.1, 0.15) is 42.6 Å². The van der Waals surface area contributed by atoms with Gasteiger partial charge in [-0.3, -0.25) is 9.59 Å². The average Bonchev–Trinajstić information content (AvgIpc) is 2.84. The van der Waals surface area contributed by atoms with Gasteiger partial charge in [-0.25, -0.2) is 0 Å². The summed E-state index contributed by atoms with van der Waals surface area (Å²) in [6.45, 7) is 6.54. The first-order valence-electron chi connectivity index (χ1n) is 11.6. The van der Waals surface area contributed by atoms with Crippen LogP contribution in [0.5, 0.6) is 0 Å². The number of esters is 2. The second-order valence-electron chi connectivity index (χ2n) is 8.79. The molecule has 0 amide bonds. The number of thioether (sulfide) groups is 1. The topological polar surface area (TPSA) is 172 Å². The van der Waals surface area contributed by atoms with Crippen LogP contribution in [0, 0.1) is 11.8 Å². The molecule has 0 spiro atoms. The van der Waals surface area contributed by atoms with Crippen LogP contribution in [0.1, 0.15) is 27.7 Å². The first-order valence-corrected chi connectivity index (χ1v) is 12.5. The van der Waals surface area contributed by atoms with Crippen molar-refractivity contribution in [1.82, 2.24) is 0 Å². The summed E-state index contributed by atoms with van der Waals surface area (Å²) < 4.78 is 21.4. The predicted molar refractivity (Wildman–Crippen MR) is 127 cm³/mol. The van der Waals surface area contributed by atoms with E-state index in [-0.39, 0.29) is 48.0 Å². The van der Waals surface area contributed by atoms with Crippen molar-refractivity contribution in [1.29, 1.82) is 0 Å². The summed E-state index contributed by atoms with van der Waals surface area (Å²) in [7, 11) is 0. The molecule has 4 unspecified atom stereocenters. The van der Waals surface area contributed by atoms with Gasteiger partial charge in [-0.05, 0) is 18.1 Å². The molecule has 0 bridgehead atoms. The quantitative estimate of drug-likeness (QED) is 0.312. The zero-order valence-electron chi connectivity index (χ0n) is 20.7. The van der Waals surface area contributed by atoms with E-state index < -0.39 is 37.3 Å². The summed E-state index contributed by atoms with van der Waals surface area (Å²) in [4.78, 5) is 23.6. The molecule has 0 aromatic heterocycles. The Labute approximate surface area is 214 Å². The predicted octanol–water partition coefficient (Wildman–Crippen LogP) is 0.0492. The van der Waals surface area contributed by atoms with E-state index in [1.165, 1.54) is 25.6 Å². The zero-order valence-corrected chi connectivity index (χ0v) is 21.5. The highest BCUT2D eigenvalue weighted by Gasteiger charge is 2.44. The van der Waals surface area contributed by atoms with E-state index >= 15 is 0 Å². The van der Waals surface area contributed by atoms with E-state index in [2.05, 4.69) is 4.74 Å². The molecule has 10 atom stereocenters. The Morgan fingerprint density at radius 3 is 2.08 bits per heavy atom. The van der Waals surface area contributed by atoms with Crippen molar-refractivity contribution in [3.8, 4) is 0 Å². The van der Waals surface area contributed by atoms with Gasteiger partial charge in [-0.1, -0.05) is 43.8 Å². The molecule has 1 aromatic rings. The van der Waals surface area contributed by atoms with E-state index in [1.807, 2.05) is 44.2 Å². The molecular weight excluding hydrogens is 496 g/mol. The number of carbonyl (C=O) groups excluding carboxylic acids is 2. The van der Waals surface area contributed by atoms with Crippen LogP contribution in [0.15, 0.2) is 35.2 Å². The Morgan fingerprint density at radius 2 is 1.53 bits per heavy atom. The molecule has 3 rings (SSSR count). The molecule has 0 radical (unpaired) electrons. The Bertz CT molecular complexity index is 819. The van der Waals surface area contributed by atoms with Crippen LogP contribution in [0.4, 0.5) is 0 Å². The lowest BCUT2D eigenvalue weighted by molar-refractivity contribution is -0.286. The first-order chi connectivity index (χ1) is 17.0. The number of benzene rings is 1. The molecule has 11 nitrogen and oxygen atoms in total. The molecule has 2 aliphatic rings. The molecule has 0 saturated carbocycles. The van der Waals surface area contributed by atoms with Crippen LogP contribution in [0.25, 0.3) is 0 Å². The molecular formula is C24H36O11S. The minimum atomic E-state index is -1.57. The van der Waals surface area contributed by atoms with Crippen LogP contribution in [-0.4, -0.2) is 99.0 Å². The number of hydrogen-bond donors (Lipinski definition) is 5. The number of rotatable bonds is 6. The largest absolute Gasteiger partial charge is 0.463 e. The summed E-state index contributed by atoms with van der Waals surface area (Å²) in [5.41, 5.74) is -0.344. The van der Waals surface area contributed by atoms with Gasteiger partial charge in [0.25, 0.3) is 0 Å². The van der Waals surface area contributed by atoms with Crippen molar-refractivity contribution in [2.75, 3.05) is 13.2 Å². The highest BCUT2D eigenvalue weighted by atomic mass is 32.2. The third-order valence-corrected chi connectivity index (χ3v) is 7.28. The normalized spacial score (nSPS) is 36.2. The first kappa shape index (κ1) is 30.5. The monoisotopic (exact) mass is 532 g/mol. The maximum absolute atomic E-state index is 11.5. The van der Waals surface area contributed by atoms with Gasteiger partial charge in [-0.15, -0.1) is 0 Å². The lowest BCUT2D eigenvalue weighted by Crippen LogP contribution is -2.58. The lowest BCUT2D eigenvalue weighted by Gasteiger charge is -2.43. The summed E-state index contributed by atoms with van der Waals surface area (Å²) in [6, 6.07) is 9.83. The number of hydrogen-bond acceptors (Lipinski definition) is 12. The van der Waals surface area contributed by atoms with E-state index in [9.17, 15) is 9.59 Å². The number of aliphatic hydroxyl groups excluding tert-OH is 5. The second kappa shape index (κ2) is 14.2. The molecule has 5 N–H and O–H groups in total. The van der Waals surface area contributed by atoms with Crippen LogP contribution in [0.2, 0.25) is 0 Å². The molecule has 2 fully saturated rings. The minimum absolute atomic E-state index is 0.0874. The van der Waals surface area contributed by atoms with Crippen molar-refractivity contribution in [3.05, 3.63) is 30.3 Å². The van der Waals surface area contributed by atoms with E-state index in [0.717, 1.165) is 4.90 Å². The smallest absolute Gasteiger partial charge is 0.303 e. The standard InChI is InChI=1S/C18H24O5S.C6H12O6/c1-11-12(2)17(22-14(4)20)18(23-16(11)10-21-13(3)19)24-15-8-6-5-7-9-15;7-1-2-3(8)4(9)5(10)6(11)12-2/h5-9,11-12,16-18H,10H2,1-4H3;2-11H,1H2/t11-,12?,16?,17+,18+;2?,3-,4?,5-,6+/m01/s1. The van der Waals surface area contributed by atoms with Crippen molar-refractivity contribution in [2.45, 2.75) is 80.9 Å². The van der Waals surface area contributed by atoms with Gasteiger partial charge in [0.05, 0.1) is 12.7 Å². The third-order valence-electron chi connectivity index (χ3n) is 6.13. The lowest BCUT2D eigenvalue weighted by atomic mass is 9.84. The van der Waals surface area contributed by atoms with Crippen molar-refractivity contribution in [3.63, 3.8) is 0 Å². The van der Waals surface area contributed by atoms with Gasteiger partial charge in [0.2, 0.25) is 0 Å². The number of carbonyl (C=O) groups is 2. The number of ether oxygens (including phenoxy) is 4.